The van der Waals surface area contributed by atoms with Crippen LogP contribution in [0.5, 0.6) is 11.5 Å². The van der Waals surface area contributed by atoms with Gasteiger partial charge in [-0.3, -0.25) is 9.69 Å². The number of aryl methyl sites for hydroxylation is 1. The normalized spacial score (nSPS) is 19.7. The first-order valence-corrected chi connectivity index (χ1v) is 10.0. The first-order chi connectivity index (χ1) is 13.7. The third-order valence-corrected chi connectivity index (χ3v) is 5.97. The number of benzene rings is 1. The SMILES string of the molecule is Cc1oc(C2CCC2)nc1C(=O)N1CCN(Cc2ccc3c(c2)OCO3)CC1. The summed E-state index contributed by atoms with van der Waals surface area (Å²) in [5, 5.41) is 0. The summed E-state index contributed by atoms with van der Waals surface area (Å²) in [5.41, 5.74) is 1.69. The van der Waals surface area contributed by atoms with Crippen LogP contribution in [-0.2, 0) is 6.54 Å². The van der Waals surface area contributed by atoms with E-state index in [0.717, 1.165) is 49.9 Å². The van der Waals surface area contributed by atoms with Gasteiger partial charge in [0.15, 0.2) is 23.1 Å². The maximum absolute atomic E-state index is 12.9. The predicted octanol–water partition coefficient (Wildman–Crippen LogP) is 2.94. The molecule has 3 aliphatic rings. The lowest BCUT2D eigenvalue weighted by Gasteiger charge is -2.34. The van der Waals surface area contributed by atoms with Crippen LogP contribution in [0.3, 0.4) is 0 Å². The Kier molecular flexibility index (Phi) is 4.47. The largest absolute Gasteiger partial charge is 0.454 e. The van der Waals surface area contributed by atoms with Gasteiger partial charge in [-0.15, -0.1) is 0 Å². The zero-order valence-electron chi connectivity index (χ0n) is 16.1. The fraction of sp³-hybridized carbons (Fsp3) is 0.524. The highest BCUT2D eigenvalue weighted by molar-refractivity contribution is 5.93. The second-order valence-electron chi connectivity index (χ2n) is 7.84. The van der Waals surface area contributed by atoms with Crippen molar-refractivity contribution < 1.29 is 18.7 Å². The molecule has 148 valence electrons. The number of hydrogen-bond acceptors (Lipinski definition) is 6. The lowest BCUT2D eigenvalue weighted by molar-refractivity contribution is 0.0621. The van der Waals surface area contributed by atoms with Gasteiger partial charge in [-0.1, -0.05) is 12.5 Å². The van der Waals surface area contributed by atoms with E-state index in [1.807, 2.05) is 24.0 Å². The molecule has 0 N–H and O–H groups in total. The molecule has 1 amide bonds. The number of hydrogen-bond donors (Lipinski definition) is 0. The molecule has 1 aromatic carbocycles. The molecule has 2 aliphatic heterocycles. The second kappa shape index (κ2) is 7.13. The Morgan fingerprint density at radius 3 is 2.68 bits per heavy atom. The van der Waals surface area contributed by atoms with Crippen molar-refractivity contribution >= 4 is 5.91 Å². The molecule has 0 bridgehead atoms. The van der Waals surface area contributed by atoms with E-state index < -0.39 is 0 Å². The highest BCUT2D eigenvalue weighted by Gasteiger charge is 2.30. The van der Waals surface area contributed by atoms with Crippen molar-refractivity contribution in [1.29, 1.82) is 0 Å². The maximum Gasteiger partial charge on any atom is 0.276 e. The van der Waals surface area contributed by atoms with Crippen LogP contribution in [0.4, 0.5) is 0 Å². The molecule has 1 aliphatic carbocycles. The molecule has 0 spiro atoms. The van der Waals surface area contributed by atoms with E-state index in [1.54, 1.807) is 0 Å². The summed E-state index contributed by atoms with van der Waals surface area (Å²) in [6.07, 6.45) is 3.46. The average Bonchev–Trinajstić information content (AvgIpc) is 3.26. The summed E-state index contributed by atoms with van der Waals surface area (Å²) in [5.74, 6) is 3.41. The van der Waals surface area contributed by atoms with Gasteiger partial charge in [-0.25, -0.2) is 4.98 Å². The van der Waals surface area contributed by atoms with Gasteiger partial charge in [0.25, 0.3) is 5.91 Å². The minimum absolute atomic E-state index is 0.00504. The summed E-state index contributed by atoms with van der Waals surface area (Å²) < 4.78 is 16.6. The minimum Gasteiger partial charge on any atom is -0.454 e. The van der Waals surface area contributed by atoms with Crippen LogP contribution >= 0.6 is 0 Å². The number of oxazole rings is 1. The van der Waals surface area contributed by atoms with Crippen molar-refractivity contribution in [2.24, 2.45) is 0 Å². The van der Waals surface area contributed by atoms with E-state index in [0.29, 0.717) is 37.3 Å². The van der Waals surface area contributed by atoms with Crippen LogP contribution in [0.15, 0.2) is 22.6 Å². The lowest BCUT2D eigenvalue weighted by Crippen LogP contribution is -2.48. The molecular formula is C21H25N3O4. The van der Waals surface area contributed by atoms with Gasteiger partial charge in [-0.05, 0) is 37.5 Å². The van der Waals surface area contributed by atoms with Gasteiger partial charge in [-0.2, -0.15) is 0 Å². The van der Waals surface area contributed by atoms with Crippen molar-refractivity contribution in [3.63, 3.8) is 0 Å². The maximum atomic E-state index is 12.9. The first kappa shape index (κ1) is 17.6. The van der Waals surface area contributed by atoms with Crippen LogP contribution in [0, 0.1) is 6.92 Å². The molecule has 0 radical (unpaired) electrons. The summed E-state index contributed by atoms with van der Waals surface area (Å²) >= 11 is 0. The standard InChI is InChI=1S/C21H25N3O4/c1-14-19(22-20(28-14)16-3-2-4-16)21(25)24-9-7-23(8-10-24)12-15-5-6-17-18(11-15)27-13-26-17/h5-6,11,16H,2-4,7-10,12-13H2,1H3. The van der Waals surface area contributed by atoms with Crippen molar-refractivity contribution in [2.75, 3.05) is 33.0 Å². The molecule has 28 heavy (non-hydrogen) atoms. The van der Waals surface area contributed by atoms with E-state index in [9.17, 15) is 4.79 Å². The quantitative estimate of drug-likeness (QED) is 0.809. The van der Waals surface area contributed by atoms with E-state index in [4.69, 9.17) is 13.9 Å². The highest BCUT2D eigenvalue weighted by Crippen LogP contribution is 2.36. The van der Waals surface area contributed by atoms with E-state index >= 15 is 0 Å². The van der Waals surface area contributed by atoms with Crippen LogP contribution in [0.1, 0.15) is 52.9 Å². The summed E-state index contributed by atoms with van der Waals surface area (Å²) in [4.78, 5) is 21.7. The monoisotopic (exact) mass is 383 g/mol. The fourth-order valence-electron chi connectivity index (χ4n) is 4.00. The number of nitrogens with zero attached hydrogens (tertiary/aromatic N) is 3. The lowest BCUT2D eigenvalue weighted by atomic mass is 9.85. The summed E-state index contributed by atoms with van der Waals surface area (Å²) in [6, 6.07) is 6.08. The van der Waals surface area contributed by atoms with Gasteiger partial charge in [0, 0.05) is 38.6 Å². The number of carbonyl (C=O) groups excluding carboxylic acids is 1. The zero-order valence-corrected chi connectivity index (χ0v) is 16.1. The zero-order chi connectivity index (χ0) is 19.1. The average molecular weight is 383 g/mol. The topological polar surface area (TPSA) is 68.0 Å². The van der Waals surface area contributed by atoms with Gasteiger partial charge >= 0.3 is 0 Å². The van der Waals surface area contributed by atoms with Crippen molar-refractivity contribution in [1.82, 2.24) is 14.8 Å². The Balaban J connectivity index is 1.19. The smallest absolute Gasteiger partial charge is 0.276 e. The Labute approximate surface area is 164 Å². The fourth-order valence-corrected chi connectivity index (χ4v) is 4.00. The van der Waals surface area contributed by atoms with Crippen molar-refractivity contribution in [2.45, 2.75) is 38.6 Å². The Morgan fingerprint density at radius 1 is 1.14 bits per heavy atom. The van der Waals surface area contributed by atoms with E-state index in [1.165, 1.54) is 12.0 Å². The number of amides is 1. The van der Waals surface area contributed by atoms with Gasteiger partial charge < -0.3 is 18.8 Å². The molecular weight excluding hydrogens is 358 g/mol. The van der Waals surface area contributed by atoms with Crippen LogP contribution in [-0.4, -0.2) is 53.7 Å². The molecule has 3 heterocycles. The highest BCUT2D eigenvalue weighted by atomic mass is 16.7. The number of rotatable bonds is 4. The summed E-state index contributed by atoms with van der Waals surface area (Å²) in [6.45, 7) is 6.07. The second-order valence-corrected chi connectivity index (χ2v) is 7.84. The number of fused-ring (bicyclic) bond motifs is 1. The molecule has 7 nitrogen and oxygen atoms in total. The van der Waals surface area contributed by atoms with Crippen molar-refractivity contribution in [3.8, 4) is 11.5 Å². The van der Waals surface area contributed by atoms with Crippen LogP contribution in [0.2, 0.25) is 0 Å². The molecule has 1 saturated carbocycles. The Bertz CT molecular complexity index is 882. The molecule has 0 atom stereocenters. The molecule has 5 rings (SSSR count). The molecule has 1 saturated heterocycles. The first-order valence-electron chi connectivity index (χ1n) is 10.0. The minimum atomic E-state index is -0.00504. The number of ether oxygens (including phenoxy) is 2. The molecule has 2 aromatic rings. The van der Waals surface area contributed by atoms with Crippen LogP contribution in [0.25, 0.3) is 0 Å². The van der Waals surface area contributed by atoms with Gasteiger partial charge in [0.1, 0.15) is 5.76 Å². The Hall–Kier alpha value is -2.54. The number of aromatic nitrogens is 1. The molecule has 2 fully saturated rings. The van der Waals surface area contributed by atoms with Crippen molar-refractivity contribution in [3.05, 3.63) is 41.1 Å². The number of piperazine rings is 1. The predicted molar refractivity (Wildman–Crippen MR) is 102 cm³/mol. The number of carbonyl (C=O) groups is 1. The van der Waals surface area contributed by atoms with E-state index in [-0.39, 0.29) is 5.91 Å². The van der Waals surface area contributed by atoms with Crippen LogP contribution < -0.4 is 9.47 Å². The van der Waals surface area contributed by atoms with E-state index in [2.05, 4.69) is 16.0 Å². The Morgan fingerprint density at radius 2 is 1.93 bits per heavy atom. The third-order valence-electron chi connectivity index (χ3n) is 5.97. The third kappa shape index (κ3) is 3.24. The molecule has 1 aromatic heterocycles. The molecule has 7 heteroatoms. The van der Waals surface area contributed by atoms with Gasteiger partial charge in [0.05, 0.1) is 0 Å². The molecule has 0 unspecified atom stereocenters. The van der Waals surface area contributed by atoms with Gasteiger partial charge in [0.2, 0.25) is 6.79 Å². The summed E-state index contributed by atoms with van der Waals surface area (Å²) in [7, 11) is 0.